The van der Waals surface area contributed by atoms with Crippen LogP contribution >= 0.6 is 11.8 Å². The lowest BCUT2D eigenvalue weighted by atomic mass is 9.95. The van der Waals surface area contributed by atoms with Gasteiger partial charge in [-0.05, 0) is 50.5 Å². The molecule has 0 unspecified atom stereocenters. The predicted octanol–water partition coefficient (Wildman–Crippen LogP) is 6.17. The average molecular weight is 395 g/mol. The molecule has 1 aliphatic carbocycles. The molecule has 0 heterocycles. The number of rotatable bonds is 5. The molecule has 1 aliphatic rings. The summed E-state index contributed by atoms with van der Waals surface area (Å²) in [5.74, 6) is 0.580. The largest absolute Gasteiger partial charge is 0.351 e. The van der Waals surface area contributed by atoms with Crippen molar-refractivity contribution >= 4 is 28.4 Å². The van der Waals surface area contributed by atoms with Crippen molar-refractivity contribution in [3.8, 4) is 0 Å². The van der Waals surface area contributed by atoms with Gasteiger partial charge in [-0.1, -0.05) is 66.9 Å². The first kappa shape index (κ1) is 20.7. The summed E-state index contributed by atoms with van der Waals surface area (Å²) in [4.78, 5) is 20.1. The summed E-state index contributed by atoms with van der Waals surface area (Å²) in [7, 11) is 2.13. The van der Waals surface area contributed by atoms with Gasteiger partial charge in [0.2, 0.25) is 0 Å². The minimum absolute atomic E-state index is 0.170. The Kier molecular flexibility index (Phi) is 7.32. The van der Waals surface area contributed by atoms with Crippen LogP contribution in [-0.2, 0) is 0 Å². The van der Waals surface area contributed by atoms with E-state index in [0.717, 1.165) is 27.5 Å². The van der Waals surface area contributed by atoms with E-state index in [1.54, 1.807) is 11.8 Å². The number of amidine groups is 1. The molecule has 2 aromatic rings. The first-order valence-corrected chi connectivity index (χ1v) is 11.1. The summed E-state index contributed by atoms with van der Waals surface area (Å²) in [6.07, 6.45) is 6.29. The molecule has 0 aromatic heterocycles. The van der Waals surface area contributed by atoms with Gasteiger partial charge in [0.05, 0.1) is 11.4 Å². The fourth-order valence-corrected chi connectivity index (χ4v) is 4.63. The second kappa shape index (κ2) is 9.92. The monoisotopic (exact) mass is 394 g/mol. The van der Waals surface area contributed by atoms with Crippen LogP contribution in [0.25, 0.3) is 0 Å². The van der Waals surface area contributed by atoms with Gasteiger partial charge in [-0.2, -0.15) is 0 Å². The smallest absolute Gasteiger partial charge is 0.173 e. The number of hydrogen-bond donors (Lipinski definition) is 0. The number of para-hydroxylation sites is 1. The van der Waals surface area contributed by atoms with Crippen molar-refractivity contribution in [3.05, 3.63) is 65.2 Å². The Morgan fingerprint density at radius 1 is 1.07 bits per heavy atom. The molecule has 3 nitrogen and oxygen atoms in total. The minimum Gasteiger partial charge on any atom is -0.351 e. The maximum atomic E-state index is 12.9. The zero-order valence-corrected chi connectivity index (χ0v) is 18.0. The summed E-state index contributed by atoms with van der Waals surface area (Å²) in [6, 6.07) is 16.6. The van der Waals surface area contributed by atoms with E-state index in [4.69, 9.17) is 4.99 Å². The Hall–Kier alpha value is -2.07. The van der Waals surface area contributed by atoms with Crippen LogP contribution in [0.5, 0.6) is 0 Å². The lowest BCUT2D eigenvalue weighted by Crippen LogP contribution is -2.37. The number of nitrogens with zero attached hydrogens (tertiary/aromatic N) is 2. The number of ketones is 1. The van der Waals surface area contributed by atoms with Crippen molar-refractivity contribution in [2.75, 3.05) is 12.8 Å². The molecule has 1 saturated carbocycles. The maximum Gasteiger partial charge on any atom is 0.173 e. The molecular formula is C24H30N2OS. The molecule has 0 atom stereocenters. The second-order valence-corrected chi connectivity index (χ2v) is 8.61. The Labute approximate surface area is 173 Å². The van der Waals surface area contributed by atoms with Crippen LogP contribution in [-0.4, -0.2) is 34.7 Å². The molecule has 0 bridgehead atoms. The standard InChI is InChI=1S/C24H30N2OS/c1-18-14-15-19(2)22(16-18)23(27)17-28-24(25-20-10-6-4-7-11-20)26(3)21-12-8-5-9-13-21/h4,6-7,10-11,14-16,21H,5,8-9,12-13,17H2,1-3H3. The van der Waals surface area contributed by atoms with Crippen molar-refractivity contribution < 1.29 is 4.79 Å². The van der Waals surface area contributed by atoms with Crippen LogP contribution in [0.2, 0.25) is 0 Å². The van der Waals surface area contributed by atoms with Crippen molar-refractivity contribution in [2.45, 2.75) is 52.0 Å². The van der Waals surface area contributed by atoms with Gasteiger partial charge in [-0.25, -0.2) is 4.99 Å². The van der Waals surface area contributed by atoms with Gasteiger partial charge < -0.3 is 4.90 Å². The quantitative estimate of drug-likeness (QED) is 0.345. The molecule has 0 radical (unpaired) electrons. The zero-order chi connectivity index (χ0) is 19.9. The Bertz CT molecular complexity index is 826. The third kappa shape index (κ3) is 5.48. The molecule has 1 fully saturated rings. The molecule has 0 saturated heterocycles. The number of aliphatic imine (C=N–C) groups is 1. The highest BCUT2D eigenvalue weighted by molar-refractivity contribution is 8.14. The minimum atomic E-state index is 0.170. The van der Waals surface area contributed by atoms with E-state index in [2.05, 4.69) is 18.0 Å². The number of Topliss-reactive ketones (excluding diaryl/α,β-unsaturated/α-hetero) is 1. The second-order valence-electron chi connectivity index (χ2n) is 7.66. The summed E-state index contributed by atoms with van der Waals surface area (Å²) < 4.78 is 0. The number of carbonyl (C=O) groups excluding carboxylic acids is 1. The van der Waals surface area contributed by atoms with Crippen LogP contribution < -0.4 is 0 Å². The molecule has 3 rings (SSSR count). The highest BCUT2D eigenvalue weighted by Gasteiger charge is 2.22. The van der Waals surface area contributed by atoms with Gasteiger partial charge in [-0.3, -0.25) is 4.79 Å². The van der Waals surface area contributed by atoms with Crippen LogP contribution in [0.3, 0.4) is 0 Å². The Balaban J connectivity index is 1.77. The molecular weight excluding hydrogens is 364 g/mol. The summed E-state index contributed by atoms with van der Waals surface area (Å²) in [5, 5.41) is 0.941. The molecule has 2 aromatic carbocycles. The average Bonchev–Trinajstić information content (AvgIpc) is 2.73. The summed E-state index contributed by atoms with van der Waals surface area (Å²) in [6.45, 7) is 4.03. The van der Waals surface area contributed by atoms with E-state index < -0.39 is 0 Å². The van der Waals surface area contributed by atoms with E-state index >= 15 is 0 Å². The number of aryl methyl sites for hydroxylation is 2. The molecule has 28 heavy (non-hydrogen) atoms. The molecule has 148 valence electrons. The van der Waals surface area contributed by atoms with Crippen molar-refractivity contribution in [1.82, 2.24) is 4.90 Å². The van der Waals surface area contributed by atoms with Gasteiger partial charge in [0.15, 0.2) is 11.0 Å². The van der Waals surface area contributed by atoms with Gasteiger partial charge in [0.25, 0.3) is 0 Å². The fraction of sp³-hybridized carbons (Fsp3) is 0.417. The van der Waals surface area contributed by atoms with Gasteiger partial charge in [-0.15, -0.1) is 0 Å². The summed E-state index contributed by atoms with van der Waals surface area (Å²) in [5.41, 5.74) is 3.92. The first-order chi connectivity index (χ1) is 13.5. The number of benzene rings is 2. The number of thioether (sulfide) groups is 1. The van der Waals surface area contributed by atoms with Gasteiger partial charge >= 0.3 is 0 Å². The van der Waals surface area contributed by atoms with E-state index in [1.807, 2.05) is 56.3 Å². The van der Waals surface area contributed by atoms with Crippen LogP contribution in [0.4, 0.5) is 5.69 Å². The van der Waals surface area contributed by atoms with E-state index in [0.29, 0.717) is 11.8 Å². The van der Waals surface area contributed by atoms with Crippen LogP contribution in [0, 0.1) is 13.8 Å². The highest BCUT2D eigenvalue weighted by atomic mass is 32.2. The maximum absolute atomic E-state index is 12.9. The first-order valence-electron chi connectivity index (χ1n) is 10.1. The van der Waals surface area contributed by atoms with Crippen molar-refractivity contribution in [3.63, 3.8) is 0 Å². The molecule has 0 N–H and O–H groups in total. The number of carbonyl (C=O) groups is 1. The van der Waals surface area contributed by atoms with Crippen molar-refractivity contribution in [1.29, 1.82) is 0 Å². The van der Waals surface area contributed by atoms with E-state index in [9.17, 15) is 4.79 Å². The third-order valence-electron chi connectivity index (χ3n) is 5.43. The summed E-state index contributed by atoms with van der Waals surface area (Å²) >= 11 is 1.56. The highest BCUT2D eigenvalue weighted by Crippen LogP contribution is 2.26. The molecule has 0 amide bonds. The fourth-order valence-electron chi connectivity index (χ4n) is 3.69. The van der Waals surface area contributed by atoms with Crippen molar-refractivity contribution in [2.24, 2.45) is 4.99 Å². The van der Waals surface area contributed by atoms with Crippen LogP contribution in [0.15, 0.2) is 53.5 Å². The normalized spacial score (nSPS) is 15.5. The SMILES string of the molecule is Cc1ccc(C)c(C(=O)CSC(=Nc2ccccc2)N(C)C2CCCCC2)c1. The van der Waals surface area contributed by atoms with Crippen LogP contribution in [0.1, 0.15) is 53.6 Å². The topological polar surface area (TPSA) is 32.7 Å². The molecule has 4 heteroatoms. The lowest BCUT2D eigenvalue weighted by Gasteiger charge is -2.33. The Morgan fingerprint density at radius 3 is 2.50 bits per heavy atom. The number of hydrogen-bond acceptors (Lipinski definition) is 3. The van der Waals surface area contributed by atoms with E-state index in [-0.39, 0.29) is 5.78 Å². The zero-order valence-electron chi connectivity index (χ0n) is 17.1. The Morgan fingerprint density at radius 2 is 1.79 bits per heavy atom. The lowest BCUT2D eigenvalue weighted by molar-refractivity contribution is 0.102. The molecule has 0 spiro atoms. The predicted molar refractivity (Wildman–Crippen MR) is 121 cm³/mol. The molecule has 0 aliphatic heterocycles. The van der Waals surface area contributed by atoms with Gasteiger partial charge in [0, 0.05) is 18.7 Å². The van der Waals surface area contributed by atoms with E-state index in [1.165, 1.54) is 32.1 Å². The third-order valence-corrected chi connectivity index (χ3v) is 6.47. The van der Waals surface area contributed by atoms with Gasteiger partial charge in [0.1, 0.15) is 0 Å².